The Labute approximate surface area is 160 Å². The lowest BCUT2D eigenvalue weighted by molar-refractivity contribution is -0.121. The highest BCUT2D eigenvalue weighted by Gasteiger charge is 2.10. The van der Waals surface area contributed by atoms with Gasteiger partial charge in [-0.25, -0.2) is 9.97 Å². The monoisotopic (exact) mass is 378 g/mol. The summed E-state index contributed by atoms with van der Waals surface area (Å²) in [4.78, 5) is 22.4. The van der Waals surface area contributed by atoms with Crippen LogP contribution in [-0.4, -0.2) is 22.4 Å². The van der Waals surface area contributed by atoms with E-state index >= 15 is 0 Å². The number of rotatable bonds is 7. The number of amides is 1. The molecule has 2 N–H and O–H groups in total. The van der Waals surface area contributed by atoms with Crippen LogP contribution in [0.3, 0.4) is 0 Å². The van der Waals surface area contributed by atoms with Crippen LogP contribution in [-0.2, 0) is 11.3 Å². The summed E-state index contributed by atoms with van der Waals surface area (Å²) in [5.41, 5.74) is 0.876. The third-order valence-corrected chi connectivity index (χ3v) is 4.89. The standard InChI is InChI=1S/C20H18N4O2S/c25-18(22-13-14-5-3-11-26-14)9-10-21-19-15-6-1-2-7-16(15)23-20(24-19)17-8-4-12-27-17/h1-8,11-12H,9-10,13H2,(H,22,25)(H,21,23,24). The van der Waals surface area contributed by atoms with Crippen LogP contribution in [0.25, 0.3) is 21.6 Å². The Morgan fingerprint density at radius 2 is 2.00 bits per heavy atom. The number of nitrogens with zero attached hydrogens (tertiary/aromatic N) is 2. The van der Waals surface area contributed by atoms with E-state index in [1.165, 1.54) is 0 Å². The molecule has 0 fully saturated rings. The molecule has 27 heavy (non-hydrogen) atoms. The van der Waals surface area contributed by atoms with Crippen molar-refractivity contribution in [2.45, 2.75) is 13.0 Å². The molecular weight excluding hydrogens is 360 g/mol. The van der Waals surface area contributed by atoms with Crippen LogP contribution in [0.2, 0.25) is 0 Å². The lowest BCUT2D eigenvalue weighted by Gasteiger charge is -2.10. The molecule has 136 valence electrons. The van der Waals surface area contributed by atoms with Gasteiger partial charge < -0.3 is 15.1 Å². The van der Waals surface area contributed by atoms with Crippen molar-refractivity contribution < 1.29 is 9.21 Å². The van der Waals surface area contributed by atoms with E-state index < -0.39 is 0 Å². The number of para-hydroxylation sites is 1. The molecule has 0 aliphatic heterocycles. The third kappa shape index (κ3) is 4.15. The molecule has 0 bridgehead atoms. The Morgan fingerprint density at radius 3 is 2.81 bits per heavy atom. The van der Waals surface area contributed by atoms with E-state index in [1.54, 1.807) is 23.7 Å². The molecule has 0 unspecified atom stereocenters. The Hall–Kier alpha value is -3.19. The van der Waals surface area contributed by atoms with Crippen molar-refractivity contribution in [3.63, 3.8) is 0 Å². The quantitative estimate of drug-likeness (QED) is 0.507. The van der Waals surface area contributed by atoms with Gasteiger partial charge in [0.1, 0.15) is 11.6 Å². The molecule has 6 nitrogen and oxygen atoms in total. The van der Waals surface area contributed by atoms with Gasteiger partial charge in [0.2, 0.25) is 5.91 Å². The highest BCUT2D eigenvalue weighted by molar-refractivity contribution is 7.13. The van der Waals surface area contributed by atoms with Crippen molar-refractivity contribution in [3.05, 3.63) is 65.9 Å². The molecule has 0 atom stereocenters. The molecule has 0 spiro atoms. The number of carbonyl (C=O) groups excluding carboxylic acids is 1. The Morgan fingerprint density at radius 1 is 1.07 bits per heavy atom. The van der Waals surface area contributed by atoms with Gasteiger partial charge in [0.05, 0.1) is 23.2 Å². The fourth-order valence-corrected chi connectivity index (χ4v) is 3.37. The van der Waals surface area contributed by atoms with Gasteiger partial charge in [-0.3, -0.25) is 4.79 Å². The summed E-state index contributed by atoms with van der Waals surface area (Å²) in [7, 11) is 0. The van der Waals surface area contributed by atoms with Crippen LogP contribution in [0.15, 0.2) is 64.6 Å². The maximum Gasteiger partial charge on any atom is 0.222 e. The fourth-order valence-electron chi connectivity index (χ4n) is 2.71. The molecule has 0 aliphatic carbocycles. The van der Waals surface area contributed by atoms with Gasteiger partial charge >= 0.3 is 0 Å². The number of carbonyl (C=O) groups is 1. The molecule has 7 heteroatoms. The smallest absolute Gasteiger partial charge is 0.222 e. The lowest BCUT2D eigenvalue weighted by Crippen LogP contribution is -2.24. The number of thiophene rings is 1. The van der Waals surface area contributed by atoms with E-state index in [9.17, 15) is 4.79 Å². The van der Waals surface area contributed by atoms with Gasteiger partial charge in [0.25, 0.3) is 0 Å². The first-order valence-electron chi connectivity index (χ1n) is 8.63. The molecule has 4 aromatic rings. The summed E-state index contributed by atoms with van der Waals surface area (Å²) >= 11 is 1.60. The summed E-state index contributed by atoms with van der Waals surface area (Å²) in [5.74, 6) is 2.12. The lowest BCUT2D eigenvalue weighted by atomic mass is 10.2. The largest absolute Gasteiger partial charge is 0.467 e. The first-order valence-corrected chi connectivity index (χ1v) is 9.51. The van der Waals surface area contributed by atoms with Crippen molar-refractivity contribution in [1.82, 2.24) is 15.3 Å². The average Bonchev–Trinajstić information content (AvgIpc) is 3.40. The van der Waals surface area contributed by atoms with Gasteiger partial charge in [-0.15, -0.1) is 11.3 Å². The van der Waals surface area contributed by atoms with Crippen LogP contribution in [0.5, 0.6) is 0 Å². The molecule has 1 amide bonds. The molecule has 0 aliphatic rings. The minimum absolute atomic E-state index is 0.0456. The van der Waals surface area contributed by atoms with Crippen molar-refractivity contribution in [1.29, 1.82) is 0 Å². The van der Waals surface area contributed by atoms with Gasteiger partial charge in [0.15, 0.2) is 5.82 Å². The van der Waals surface area contributed by atoms with Crippen LogP contribution in [0.1, 0.15) is 12.2 Å². The zero-order valence-electron chi connectivity index (χ0n) is 14.5. The van der Waals surface area contributed by atoms with Gasteiger partial charge in [0, 0.05) is 18.4 Å². The minimum Gasteiger partial charge on any atom is -0.467 e. The molecule has 4 rings (SSSR count). The molecular formula is C20H18N4O2S. The number of benzene rings is 1. The van der Waals surface area contributed by atoms with Crippen LogP contribution in [0.4, 0.5) is 5.82 Å². The summed E-state index contributed by atoms with van der Waals surface area (Å²) in [6.45, 7) is 0.875. The molecule has 1 aromatic carbocycles. The number of hydrogen-bond acceptors (Lipinski definition) is 6. The fraction of sp³-hybridized carbons (Fsp3) is 0.150. The topological polar surface area (TPSA) is 80.0 Å². The van der Waals surface area contributed by atoms with Crippen LogP contribution >= 0.6 is 11.3 Å². The Kier molecular flexibility index (Phi) is 5.11. The molecule has 0 radical (unpaired) electrons. The second-order valence-corrected chi connectivity index (χ2v) is 6.87. The highest BCUT2D eigenvalue weighted by Crippen LogP contribution is 2.27. The summed E-state index contributed by atoms with van der Waals surface area (Å²) < 4.78 is 5.21. The second-order valence-electron chi connectivity index (χ2n) is 5.92. The number of hydrogen-bond donors (Lipinski definition) is 2. The van der Waals surface area contributed by atoms with E-state index in [0.29, 0.717) is 25.3 Å². The SMILES string of the molecule is O=C(CCNc1nc(-c2cccs2)nc2ccccc12)NCc1ccco1. The van der Waals surface area contributed by atoms with E-state index in [-0.39, 0.29) is 5.91 Å². The first-order chi connectivity index (χ1) is 13.3. The van der Waals surface area contributed by atoms with Gasteiger partial charge in [-0.2, -0.15) is 0 Å². The zero-order chi connectivity index (χ0) is 18.5. The van der Waals surface area contributed by atoms with E-state index in [1.807, 2.05) is 47.8 Å². The molecule has 0 saturated carbocycles. The van der Waals surface area contributed by atoms with E-state index in [0.717, 1.165) is 27.4 Å². The molecule has 0 saturated heterocycles. The molecule has 3 heterocycles. The second kappa shape index (κ2) is 8.01. The van der Waals surface area contributed by atoms with Gasteiger partial charge in [-0.05, 0) is 35.7 Å². The van der Waals surface area contributed by atoms with E-state index in [4.69, 9.17) is 4.42 Å². The van der Waals surface area contributed by atoms with E-state index in [2.05, 4.69) is 20.6 Å². The minimum atomic E-state index is -0.0456. The predicted octanol–water partition coefficient (Wildman–Crippen LogP) is 4.07. The van der Waals surface area contributed by atoms with Crippen molar-refractivity contribution in [2.24, 2.45) is 0 Å². The Balaban J connectivity index is 1.44. The number of anilines is 1. The van der Waals surface area contributed by atoms with Crippen molar-refractivity contribution >= 4 is 34.0 Å². The maximum absolute atomic E-state index is 12.0. The maximum atomic E-state index is 12.0. The van der Waals surface area contributed by atoms with Gasteiger partial charge in [-0.1, -0.05) is 18.2 Å². The zero-order valence-corrected chi connectivity index (χ0v) is 15.3. The first kappa shape index (κ1) is 17.2. The van der Waals surface area contributed by atoms with Crippen LogP contribution in [0, 0.1) is 0 Å². The van der Waals surface area contributed by atoms with Crippen molar-refractivity contribution in [2.75, 3.05) is 11.9 Å². The number of nitrogens with one attached hydrogen (secondary N) is 2. The normalized spacial score (nSPS) is 10.8. The predicted molar refractivity (Wildman–Crippen MR) is 107 cm³/mol. The summed E-state index contributed by atoms with van der Waals surface area (Å²) in [6, 6.07) is 15.5. The summed E-state index contributed by atoms with van der Waals surface area (Å²) in [6.07, 6.45) is 1.93. The van der Waals surface area contributed by atoms with Crippen molar-refractivity contribution in [3.8, 4) is 10.7 Å². The third-order valence-electron chi connectivity index (χ3n) is 4.03. The number of furan rings is 1. The van der Waals surface area contributed by atoms with Crippen LogP contribution < -0.4 is 10.6 Å². The highest BCUT2D eigenvalue weighted by atomic mass is 32.1. The summed E-state index contributed by atoms with van der Waals surface area (Å²) in [5, 5.41) is 9.06. The Bertz CT molecular complexity index is 1030. The number of fused-ring (bicyclic) bond motifs is 1. The average molecular weight is 378 g/mol. The molecule has 3 aromatic heterocycles. The number of aromatic nitrogens is 2.